The van der Waals surface area contributed by atoms with E-state index in [-0.39, 0.29) is 5.97 Å². The van der Waals surface area contributed by atoms with Crippen molar-refractivity contribution in [2.45, 2.75) is 20.3 Å². The highest BCUT2D eigenvalue weighted by atomic mass is 16.5. The minimum atomic E-state index is -0.343. The van der Waals surface area contributed by atoms with Crippen LogP contribution in [0.5, 0.6) is 0 Å². The summed E-state index contributed by atoms with van der Waals surface area (Å²) >= 11 is 0. The van der Waals surface area contributed by atoms with Gasteiger partial charge in [0.05, 0.1) is 12.1 Å². The number of carbonyl (C=O) groups is 1. The Morgan fingerprint density at radius 1 is 1.25 bits per heavy atom. The van der Waals surface area contributed by atoms with Gasteiger partial charge >= 0.3 is 5.97 Å². The van der Waals surface area contributed by atoms with Gasteiger partial charge in [0.1, 0.15) is 5.82 Å². The Morgan fingerprint density at radius 2 is 2.11 bits per heavy atom. The van der Waals surface area contributed by atoms with E-state index < -0.39 is 0 Å². The van der Waals surface area contributed by atoms with Crippen molar-refractivity contribution in [2.75, 3.05) is 30.8 Å². The van der Waals surface area contributed by atoms with Crippen LogP contribution in [-0.2, 0) is 9.53 Å². The third-order valence-electron chi connectivity index (χ3n) is 4.16. The van der Waals surface area contributed by atoms with Gasteiger partial charge in [0.2, 0.25) is 5.95 Å². The number of esters is 1. The van der Waals surface area contributed by atoms with E-state index >= 15 is 0 Å². The standard InChI is InChI=1S/C21H25N5O2/c1-4-11-23-20-17-8-7-16(13-18(17)24-21(22-3)25-20)26-12-10-15(14-26)6-9-19(27)28-5-2/h6-10,12-14H,4-5,11H2,1-3H3,(H2,22,23,24,25)/b9-6+. The summed E-state index contributed by atoms with van der Waals surface area (Å²) in [6, 6.07) is 8.01. The smallest absolute Gasteiger partial charge is 0.330 e. The van der Waals surface area contributed by atoms with Gasteiger partial charge in [-0.15, -0.1) is 0 Å². The molecule has 0 unspecified atom stereocenters. The minimum Gasteiger partial charge on any atom is -0.463 e. The molecule has 0 saturated heterocycles. The molecule has 0 atom stereocenters. The first kappa shape index (κ1) is 19.4. The minimum absolute atomic E-state index is 0.343. The molecule has 146 valence electrons. The Bertz CT molecular complexity index is 994. The largest absolute Gasteiger partial charge is 0.463 e. The number of rotatable bonds is 8. The summed E-state index contributed by atoms with van der Waals surface area (Å²) in [5.41, 5.74) is 2.75. The topological polar surface area (TPSA) is 81.1 Å². The molecule has 1 aromatic carbocycles. The number of aromatic nitrogens is 3. The Labute approximate surface area is 164 Å². The highest BCUT2D eigenvalue weighted by molar-refractivity contribution is 5.91. The zero-order valence-electron chi connectivity index (χ0n) is 16.4. The fourth-order valence-corrected chi connectivity index (χ4v) is 2.80. The van der Waals surface area contributed by atoms with Gasteiger partial charge in [-0.1, -0.05) is 6.92 Å². The summed E-state index contributed by atoms with van der Waals surface area (Å²) in [6.07, 6.45) is 8.09. The first-order valence-electron chi connectivity index (χ1n) is 9.41. The van der Waals surface area contributed by atoms with E-state index in [0.29, 0.717) is 12.6 Å². The van der Waals surface area contributed by atoms with Crippen molar-refractivity contribution in [2.24, 2.45) is 0 Å². The van der Waals surface area contributed by atoms with Gasteiger partial charge in [0, 0.05) is 43.1 Å². The Balaban J connectivity index is 1.91. The first-order chi connectivity index (χ1) is 13.6. The van der Waals surface area contributed by atoms with Crippen molar-refractivity contribution in [1.82, 2.24) is 14.5 Å². The molecule has 0 radical (unpaired) electrons. The molecular formula is C21H25N5O2. The average Bonchev–Trinajstić information content (AvgIpc) is 3.19. The van der Waals surface area contributed by atoms with Crippen LogP contribution in [-0.4, -0.2) is 40.7 Å². The number of anilines is 2. The van der Waals surface area contributed by atoms with E-state index in [0.717, 1.165) is 40.9 Å². The molecule has 0 aliphatic rings. The lowest BCUT2D eigenvalue weighted by Crippen LogP contribution is -2.06. The fraction of sp³-hybridized carbons (Fsp3) is 0.286. The third kappa shape index (κ3) is 4.49. The molecule has 0 spiro atoms. The summed E-state index contributed by atoms with van der Waals surface area (Å²) in [4.78, 5) is 20.6. The molecule has 28 heavy (non-hydrogen) atoms. The lowest BCUT2D eigenvalue weighted by atomic mass is 10.2. The summed E-state index contributed by atoms with van der Waals surface area (Å²) in [7, 11) is 1.81. The molecule has 2 aromatic heterocycles. The molecule has 3 aromatic rings. The van der Waals surface area contributed by atoms with Crippen LogP contribution in [0.3, 0.4) is 0 Å². The van der Waals surface area contributed by atoms with Crippen LogP contribution in [0.4, 0.5) is 11.8 Å². The number of hydrogen-bond acceptors (Lipinski definition) is 6. The Morgan fingerprint density at radius 3 is 2.86 bits per heavy atom. The van der Waals surface area contributed by atoms with E-state index in [2.05, 4.69) is 27.5 Å². The van der Waals surface area contributed by atoms with Crippen molar-refractivity contribution >= 4 is 34.7 Å². The van der Waals surface area contributed by atoms with E-state index in [1.165, 1.54) is 6.08 Å². The summed E-state index contributed by atoms with van der Waals surface area (Å²) in [6.45, 7) is 5.12. The summed E-state index contributed by atoms with van der Waals surface area (Å²) < 4.78 is 6.90. The molecule has 2 heterocycles. The van der Waals surface area contributed by atoms with Crippen LogP contribution in [0.2, 0.25) is 0 Å². The SMILES string of the molecule is CCCNc1nc(NC)nc2cc(-n3ccc(/C=C/C(=O)OCC)c3)ccc12. The number of hydrogen-bond donors (Lipinski definition) is 2. The van der Waals surface area contributed by atoms with Crippen molar-refractivity contribution in [3.05, 3.63) is 48.3 Å². The van der Waals surface area contributed by atoms with Gasteiger partial charge in [0.25, 0.3) is 0 Å². The number of nitrogens with zero attached hydrogens (tertiary/aromatic N) is 3. The van der Waals surface area contributed by atoms with Crippen LogP contribution in [0.15, 0.2) is 42.7 Å². The van der Waals surface area contributed by atoms with Gasteiger partial charge in [-0.05, 0) is 49.2 Å². The van der Waals surface area contributed by atoms with Gasteiger partial charge in [-0.2, -0.15) is 4.98 Å². The molecule has 2 N–H and O–H groups in total. The lowest BCUT2D eigenvalue weighted by Gasteiger charge is -2.11. The zero-order chi connectivity index (χ0) is 19.9. The molecule has 0 fully saturated rings. The second kappa shape index (κ2) is 9.03. The second-order valence-corrected chi connectivity index (χ2v) is 6.21. The van der Waals surface area contributed by atoms with Crippen molar-refractivity contribution in [3.8, 4) is 5.69 Å². The maximum absolute atomic E-state index is 11.5. The second-order valence-electron chi connectivity index (χ2n) is 6.21. The maximum atomic E-state index is 11.5. The molecule has 7 heteroatoms. The van der Waals surface area contributed by atoms with Crippen molar-refractivity contribution < 1.29 is 9.53 Å². The predicted molar refractivity (Wildman–Crippen MR) is 113 cm³/mol. The van der Waals surface area contributed by atoms with E-state index in [1.54, 1.807) is 13.0 Å². The summed E-state index contributed by atoms with van der Waals surface area (Å²) in [5.74, 6) is 1.06. The van der Waals surface area contributed by atoms with Gasteiger partial charge < -0.3 is 19.9 Å². The van der Waals surface area contributed by atoms with Crippen LogP contribution in [0.25, 0.3) is 22.7 Å². The van der Waals surface area contributed by atoms with Gasteiger partial charge in [-0.25, -0.2) is 9.78 Å². The lowest BCUT2D eigenvalue weighted by molar-refractivity contribution is -0.137. The molecule has 0 aliphatic heterocycles. The molecule has 0 aliphatic carbocycles. The van der Waals surface area contributed by atoms with E-state index in [4.69, 9.17) is 4.74 Å². The zero-order valence-corrected chi connectivity index (χ0v) is 16.4. The average molecular weight is 379 g/mol. The molecule has 7 nitrogen and oxygen atoms in total. The quantitative estimate of drug-likeness (QED) is 0.457. The van der Waals surface area contributed by atoms with Crippen LogP contribution in [0.1, 0.15) is 25.8 Å². The van der Waals surface area contributed by atoms with E-state index in [9.17, 15) is 4.79 Å². The maximum Gasteiger partial charge on any atom is 0.330 e. The summed E-state index contributed by atoms with van der Waals surface area (Å²) in [5, 5.41) is 7.35. The first-order valence-corrected chi connectivity index (χ1v) is 9.41. The molecule has 0 saturated carbocycles. The van der Waals surface area contributed by atoms with Crippen LogP contribution >= 0.6 is 0 Å². The highest BCUT2D eigenvalue weighted by Crippen LogP contribution is 2.25. The van der Waals surface area contributed by atoms with Crippen molar-refractivity contribution in [1.29, 1.82) is 0 Å². The Hall–Kier alpha value is -3.35. The molecular weight excluding hydrogens is 354 g/mol. The highest BCUT2D eigenvalue weighted by Gasteiger charge is 2.08. The van der Waals surface area contributed by atoms with Gasteiger partial charge in [0.15, 0.2) is 0 Å². The third-order valence-corrected chi connectivity index (χ3v) is 4.16. The number of benzene rings is 1. The van der Waals surface area contributed by atoms with Crippen LogP contribution in [0, 0.1) is 0 Å². The Kier molecular flexibility index (Phi) is 6.26. The number of fused-ring (bicyclic) bond motifs is 1. The van der Waals surface area contributed by atoms with E-state index in [1.807, 2.05) is 48.3 Å². The number of ether oxygens (including phenoxy) is 1. The predicted octanol–water partition coefficient (Wildman–Crippen LogP) is 3.86. The van der Waals surface area contributed by atoms with Gasteiger partial charge in [-0.3, -0.25) is 0 Å². The number of carbonyl (C=O) groups excluding carboxylic acids is 1. The van der Waals surface area contributed by atoms with Crippen molar-refractivity contribution in [3.63, 3.8) is 0 Å². The number of nitrogens with one attached hydrogen (secondary N) is 2. The normalized spacial score (nSPS) is 11.1. The molecule has 3 rings (SSSR count). The monoisotopic (exact) mass is 379 g/mol. The fourth-order valence-electron chi connectivity index (χ4n) is 2.80. The van der Waals surface area contributed by atoms with Crippen LogP contribution < -0.4 is 10.6 Å². The molecule has 0 bridgehead atoms. The molecule has 0 amide bonds.